The number of nitrogens with zero attached hydrogens (tertiary/aromatic N) is 1. The van der Waals surface area contributed by atoms with Gasteiger partial charge in [0.15, 0.2) is 0 Å². The summed E-state index contributed by atoms with van der Waals surface area (Å²) in [6.45, 7) is 5.40. The van der Waals surface area contributed by atoms with Gasteiger partial charge < -0.3 is 5.32 Å². The molecule has 140 valence electrons. The zero-order chi connectivity index (χ0) is 19.5. The van der Waals surface area contributed by atoms with Crippen LogP contribution in [0.1, 0.15) is 24.5 Å². The lowest BCUT2D eigenvalue weighted by Gasteiger charge is -2.30. The Morgan fingerprint density at radius 3 is 2.19 bits per heavy atom. The minimum atomic E-state index is -3.88. The molecule has 0 aliphatic carbocycles. The van der Waals surface area contributed by atoms with Crippen molar-refractivity contribution in [2.24, 2.45) is 0 Å². The first-order valence-electron chi connectivity index (χ1n) is 8.27. The molecule has 0 unspecified atom stereocenters. The van der Waals surface area contributed by atoms with Crippen molar-refractivity contribution >= 4 is 27.3 Å². The van der Waals surface area contributed by atoms with E-state index in [1.54, 1.807) is 6.92 Å². The molecule has 0 aromatic heterocycles. The molecule has 26 heavy (non-hydrogen) atoms. The molecule has 0 saturated carbocycles. The first-order valence-corrected chi connectivity index (χ1v) is 10.1. The van der Waals surface area contributed by atoms with Gasteiger partial charge in [-0.3, -0.25) is 9.10 Å². The van der Waals surface area contributed by atoms with Gasteiger partial charge in [-0.05, 0) is 43.5 Å². The molecule has 0 aliphatic heterocycles. The number of nitrogens with one attached hydrogen (secondary N) is 1. The van der Waals surface area contributed by atoms with Gasteiger partial charge in [-0.15, -0.1) is 0 Å². The van der Waals surface area contributed by atoms with Crippen molar-refractivity contribution in [2.75, 3.05) is 15.9 Å². The molecule has 0 heterocycles. The van der Waals surface area contributed by atoms with Crippen LogP contribution in [0.3, 0.4) is 0 Å². The number of anilines is 2. The first-order chi connectivity index (χ1) is 12.2. The number of carbonyl (C=O) groups is 1. The second-order valence-corrected chi connectivity index (χ2v) is 8.05. The zero-order valence-electron chi connectivity index (χ0n) is 15.3. The van der Waals surface area contributed by atoms with Gasteiger partial charge in [0.05, 0.1) is 11.9 Å². The van der Waals surface area contributed by atoms with Crippen molar-refractivity contribution in [3.8, 4) is 0 Å². The van der Waals surface area contributed by atoms with E-state index < -0.39 is 27.8 Å². The first kappa shape index (κ1) is 19.9. The highest BCUT2D eigenvalue weighted by Crippen LogP contribution is 2.27. The molecule has 2 aromatic rings. The van der Waals surface area contributed by atoms with Crippen molar-refractivity contribution in [1.82, 2.24) is 0 Å². The van der Waals surface area contributed by atoms with Gasteiger partial charge in [0.2, 0.25) is 15.9 Å². The third-order valence-electron chi connectivity index (χ3n) is 4.15. The molecule has 0 fully saturated rings. The standard InChI is InChI=1S/C19H23FN2O3S/c1-5-16(19(23)21-18-13(2)9-8-10-14(18)3)22(26(4,24)25)17-12-7-6-11-15(17)20/h6-12,16H,5H2,1-4H3,(H,21,23)/t16-/m1/s1. The second kappa shape index (κ2) is 7.86. The lowest BCUT2D eigenvalue weighted by Crippen LogP contribution is -2.47. The number of halogens is 1. The lowest BCUT2D eigenvalue weighted by atomic mass is 10.1. The summed E-state index contributed by atoms with van der Waals surface area (Å²) in [5.74, 6) is -1.20. The summed E-state index contributed by atoms with van der Waals surface area (Å²) in [6, 6.07) is 10.0. The average molecular weight is 378 g/mol. The molecule has 0 bridgehead atoms. The van der Waals surface area contributed by atoms with Gasteiger partial charge in [-0.1, -0.05) is 37.3 Å². The van der Waals surface area contributed by atoms with Gasteiger partial charge in [-0.2, -0.15) is 0 Å². The molecule has 0 radical (unpaired) electrons. The van der Waals surface area contributed by atoms with E-state index in [1.165, 1.54) is 24.3 Å². The number of hydrogen-bond donors (Lipinski definition) is 1. The van der Waals surface area contributed by atoms with Crippen LogP contribution in [0.4, 0.5) is 15.8 Å². The fourth-order valence-electron chi connectivity index (χ4n) is 2.88. The SMILES string of the molecule is CC[C@H](C(=O)Nc1c(C)cccc1C)N(c1ccccc1F)S(C)(=O)=O. The summed E-state index contributed by atoms with van der Waals surface area (Å²) in [5.41, 5.74) is 2.23. The predicted octanol–water partition coefficient (Wildman–Crippen LogP) is 3.63. The maximum absolute atomic E-state index is 14.2. The second-order valence-electron chi connectivity index (χ2n) is 6.19. The predicted molar refractivity (Wildman–Crippen MR) is 102 cm³/mol. The van der Waals surface area contributed by atoms with Crippen LogP contribution in [0.5, 0.6) is 0 Å². The van der Waals surface area contributed by atoms with Crippen LogP contribution in [0.2, 0.25) is 0 Å². The van der Waals surface area contributed by atoms with E-state index in [9.17, 15) is 17.6 Å². The van der Waals surface area contributed by atoms with Crippen LogP contribution >= 0.6 is 0 Å². The minimum Gasteiger partial charge on any atom is -0.324 e. The maximum Gasteiger partial charge on any atom is 0.248 e. The molecule has 1 N–H and O–H groups in total. The van der Waals surface area contributed by atoms with Crippen LogP contribution in [0.25, 0.3) is 0 Å². The van der Waals surface area contributed by atoms with Crippen molar-refractivity contribution in [1.29, 1.82) is 0 Å². The summed E-state index contributed by atoms with van der Waals surface area (Å²) in [6.07, 6.45) is 1.16. The smallest absolute Gasteiger partial charge is 0.248 e. The Labute approximate surface area is 153 Å². The van der Waals surface area contributed by atoms with Crippen LogP contribution in [0, 0.1) is 19.7 Å². The van der Waals surface area contributed by atoms with Gasteiger partial charge in [-0.25, -0.2) is 12.8 Å². The van der Waals surface area contributed by atoms with Crippen molar-refractivity contribution in [3.63, 3.8) is 0 Å². The maximum atomic E-state index is 14.2. The molecule has 0 aliphatic rings. The van der Waals surface area contributed by atoms with Gasteiger partial charge in [0.1, 0.15) is 11.9 Å². The highest BCUT2D eigenvalue weighted by atomic mass is 32.2. The van der Waals surface area contributed by atoms with Crippen molar-refractivity contribution < 1.29 is 17.6 Å². The van der Waals surface area contributed by atoms with E-state index in [-0.39, 0.29) is 12.1 Å². The molecule has 5 nitrogen and oxygen atoms in total. The Balaban J connectivity index is 2.46. The quantitative estimate of drug-likeness (QED) is 0.835. The number of rotatable bonds is 6. The fourth-order valence-corrected chi connectivity index (χ4v) is 4.10. The van der Waals surface area contributed by atoms with E-state index in [0.29, 0.717) is 5.69 Å². The van der Waals surface area contributed by atoms with Gasteiger partial charge in [0, 0.05) is 5.69 Å². The molecule has 7 heteroatoms. The van der Waals surface area contributed by atoms with Crippen molar-refractivity contribution in [3.05, 3.63) is 59.4 Å². The number of hydrogen-bond acceptors (Lipinski definition) is 3. The largest absolute Gasteiger partial charge is 0.324 e. The molecule has 1 atom stereocenters. The lowest BCUT2D eigenvalue weighted by molar-refractivity contribution is -0.117. The monoisotopic (exact) mass is 378 g/mol. The zero-order valence-corrected chi connectivity index (χ0v) is 16.1. The third-order valence-corrected chi connectivity index (χ3v) is 5.31. The highest BCUT2D eigenvalue weighted by molar-refractivity contribution is 7.92. The normalized spacial score (nSPS) is 12.5. The van der Waals surface area contributed by atoms with Crippen LogP contribution < -0.4 is 9.62 Å². The Kier molecular flexibility index (Phi) is 6.02. The Hall–Kier alpha value is -2.41. The van der Waals surface area contributed by atoms with Crippen LogP contribution in [-0.4, -0.2) is 26.6 Å². The van der Waals surface area contributed by atoms with Crippen molar-refractivity contribution in [2.45, 2.75) is 33.2 Å². The number of benzene rings is 2. The Morgan fingerprint density at radius 1 is 1.12 bits per heavy atom. The number of aryl methyl sites for hydroxylation is 2. The van der Waals surface area contributed by atoms with E-state index >= 15 is 0 Å². The minimum absolute atomic E-state index is 0.140. The van der Waals surface area contributed by atoms with Gasteiger partial charge >= 0.3 is 0 Å². The molecule has 0 spiro atoms. The van der Waals surface area contributed by atoms with E-state index in [0.717, 1.165) is 21.7 Å². The highest BCUT2D eigenvalue weighted by Gasteiger charge is 2.33. The number of carbonyl (C=O) groups excluding carboxylic acids is 1. The Bertz CT molecular complexity index is 893. The molecule has 2 aromatic carbocycles. The molecular formula is C19H23FN2O3S. The topological polar surface area (TPSA) is 66.5 Å². The van der Waals surface area contributed by atoms with E-state index in [4.69, 9.17) is 0 Å². The summed E-state index contributed by atoms with van der Waals surface area (Å²) < 4.78 is 39.8. The van der Waals surface area contributed by atoms with E-state index in [1.807, 2.05) is 32.0 Å². The molecular weight excluding hydrogens is 355 g/mol. The summed E-state index contributed by atoms with van der Waals surface area (Å²) in [5, 5.41) is 2.80. The van der Waals surface area contributed by atoms with Crippen LogP contribution in [-0.2, 0) is 14.8 Å². The van der Waals surface area contributed by atoms with Gasteiger partial charge in [0.25, 0.3) is 0 Å². The van der Waals surface area contributed by atoms with Crippen LogP contribution in [0.15, 0.2) is 42.5 Å². The summed E-state index contributed by atoms with van der Waals surface area (Å²) in [7, 11) is -3.88. The molecule has 2 rings (SSSR count). The molecule has 1 amide bonds. The molecule has 0 saturated heterocycles. The van der Waals surface area contributed by atoms with E-state index in [2.05, 4.69) is 5.32 Å². The fraction of sp³-hybridized carbons (Fsp3) is 0.316. The Morgan fingerprint density at radius 2 is 1.69 bits per heavy atom. The summed E-state index contributed by atoms with van der Waals surface area (Å²) >= 11 is 0. The number of sulfonamides is 1. The number of amides is 1. The average Bonchev–Trinajstić information content (AvgIpc) is 2.56. The number of para-hydroxylation sites is 2. The third kappa shape index (κ3) is 4.22. The summed E-state index contributed by atoms with van der Waals surface area (Å²) in [4.78, 5) is 12.9.